The van der Waals surface area contributed by atoms with Gasteiger partial charge in [-0.05, 0) is 56.5 Å². The first-order valence-electron chi connectivity index (χ1n) is 9.25. The van der Waals surface area contributed by atoms with Gasteiger partial charge in [-0.15, -0.1) is 0 Å². The molecule has 1 unspecified atom stereocenters. The number of piperidine rings is 1. The van der Waals surface area contributed by atoms with Crippen LogP contribution in [0.2, 0.25) is 0 Å². The Hall–Kier alpha value is -2.28. The number of nitrogens with zero attached hydrogens (tertiary/aromatic N) is 1. The van der Waals surface area contributed by atoms with Gasteiger partial charge >= 0.3 is 6.03 Å². The molecule has 1 aromatic carbocycles. The number of nitrogens with two attached hydrogens (primary N) is 1. The molecule has 1 fully saturated rings. The summed E-state index contributed by atoms with van der Waals surface area (Å²) in [4.78, 5) is 25.3. The van der Waals surface area contributed by atoms with Crippen molar-refractivity contribution in [3.8, 4) is 5.75 Å². The number of rotatable bonds is 9. The Labute approximate surface area is 155 Å². The van der Waals surface area contributed by atoms with Gasteiger partial charge in [-0.2, -0.15) is 0 Å². The SMILES string of the molecule is COc1ccc(CCNC(=O)NCCCN2CCCC(C(N)=O)C2)cc1. The normalized spacial score (nSPS) is 17.5. The third-order valence-corrected chi connectivity index (χ3v) is 4.70. The maximum Gasteiger partial charge on any atom is 0.314 e. The second kappa shape index (κ2) is 10.7. The van der Waals surface area contributed by atoms with Crippen LogP contribution in [0, 0.1) is 5.92 Å². The van der Waals surface area contributed by atoms with Crippen molar-refractivity contribution < 1.29 is 14.3 Å². The first kappa shape index (κ1) is 20.0. The van der Waals surface area contributed by atoms with Gasteiger partial charge in [0.25, 0.3) is 0 Å². The number of hydrogen-bond donors (Lipinski definition) is 3. The third kappa shape index (κ3) is 6.92. The van der Waals surface area contributed by atoms with Crippen LogP contribution in [0.5, 0.6) is 5.75 Å². The molecule has 26 heavy (non-hydrogen) atoms. The topological polar surface area (TPSA) is 96.7 Å². The maximum absolute atomic E-state index is 11.8. The molecular weight excluding hydrogens is 332 g/mol. The number of amides is 3. The second-order valence-electron chi connectivity index (χ2n) is 6.68. The lowest BCUT2D eigenvalue weighted by atomic mass is 9.97. The van der Waals surface area contributed by atoms with E-state index in [4.69, 9.17) is 10.5 Å². The van der Waals surface area contributed by atoms with E-state index in [1.165, 1.54) is 0 Å². The van der Waals surface area contributed by atoms with E-state index in [1.54, 1.807) is 7.11 Å². The number of carbonyl (C=O) groups excluding carboxylic acids is 2. The fourth-order valence-electron chi connectivity index (χ4n) is 3.17. The number of urea groups is 1. The van der Waals surface area contributed by atoms with Gasteiger partial charge in [-0.3, -0.25) is 4.79 Å². The number of likely N-dealkylation sites (tertiary alicyclic amines) is 1. The first-order chi connectivity index (χ1) is 12.6. The second-order valence-corrected chi connectivity index (χ2v) is 6.68. The van der Waals surface area contributed by atoms with E-state index >= 15 is 0 Å². The number of primary amides is 1. The molecule has 1 atom stereocenters. The van der Waals surface area contributed by atoms with Gasteiger partial charge < -0.3 is 26.0 Å². The molecule has 3 amide bonds. The van der Waals surface area contributed by atoms with E-state index in [0.717, 1.165) is 56.6 Å². The Bertz CT molecular complexity index is 577. The Kier molecular flexibility index (Phi) is 8.21. The van der Waals surface area contributed by atoms with Crippen LogP contribution in [0.3, 0.4) is 0 Å². The molecule has 1 saturated heterocycles. The van der Waals surface area contributed by atoms with Crippen molar-refractivity contribution in [1.29, 1.82) is 0 Å². The summed E-state index contributed by atoms with van der Waals surface area (Å²) < 4.78 is 5.12. The molecule has 0 spiro atoms. The molecule has 0 aromatic heterocycles. The molecule has 1 aliphatic heterocycles. The van der Waals surface area contributed by atoms with Crippen LogP contribution in [0.15, 0.2) is 24.3 Å². The zero-order chi connectivity index (χ0) is 18.8. The molecular formula is C19H30N4O3. The molecule has 2 rings (SSSR count). The summed E-state index contributed by atoms with van der Waals surface area (Å²) in [6.07, 6.45) is 3.53. The number of methoxy groups -OCH3 is 1. The van der Waals surface area contributed by atoms with Crippen LogP contribution in [0.25, 0.3) is 0 Å². The summed E-state index contributed by atoms with van der Waals surface area (Å²) in [7, 11) is 1.64. The van der Waals surface area contributed by atoms with Crippen LogP contribution in [0.1, 0.15) is 24.8 Å². The molecule has 1 aromatic rings. The van der Waals surface area contributed by atoms with Crippen molar-refractivity contribution >= 4 is 11.9 Å². The van der Waals surface area contributed by atoms with Crippen LogP contribution in [0.4, 0.5) is 4.79 Å². The summed E-state index contributed by atoms with van der Waals surface area (Å²) >= 11 is 0. The minimum atomic E-state index is -0.205. The predicted molar refractivity (Wildman–Crippen MR) is 101 cm³/mol. The quantitative estimate of drug-likeness (QED) is 0.574. The molecule has 1 aliphatic rings. The summed E-state index contributed by atoms with van der Waals surface area (Å²) in [5.74, 6) is 0.595. The van der Waals surface area contributed by atoms with Gasteiger partial charge in [0.2, 0.25) is 5.91 Å². The Balaban J connectivity index is 1.54. The van der Waals surface area contributed by atoms with Crippen LogP contribution in [-0.4, -0.2) is 56.7 Å². The van der Waals surface area contributed by atoms with Crippen molar-refractivity contribution in [3.05, 3.63) is 29.8 Å². The summed E-state index contributed by atoms with van der Waals surface area (Å²) in [6.45, 7) is 3.81. The van der Waals surface area contributed by atoms with Crippen LogP contribution in [-0.2, 0) is 11.2 Å². The van der Waals surface area contributed by atoms with Gasteiger partial charge in [0.05, 0.1) is 13.0 Å². The molecule has 4 N–H and O–H groups in total. The van der Waals surface area contributed by atoms with Crippen LogP contribution < -0.4 is 21.1 Å². The molecule has 0 saturated carbocycles. The molecule has 7 heteroatoms. The monoisotopic (exact) mass is 362 g/mol. The smallest absolute Gasteiger partial charge is 0.314 e. The largest absolute Gasteiger partial charge is 0.497 e. The lowest BCUT2D eigenvalue weighted by molar-refractivity contribution is -0.123. The molecule has 0 aliphatic carbocycles. The van der Waals surface area contributed by atoms with Crippen molar-refractivity contribution in [2.45, 2.75) is 25.7 Å². The van der Waals surface area contributed by atoms with Gasteiger partial charge in [0, 0.05) is 19.6 Å². The number of hydrogen-bond acceptors (Lipinski definition) is 4. The number of nitrogens with one attached hydrogen (secondary N) is 2. The molecule has 7 nitrogen and oxygen atoms in total. The fraction of sp³-hybridized carbons (Fsp3) is 0.579. The average Bonchev–Trinajstić information content (AvgIpc) is 2.66. The molecule has 1 heterocycles. The van der Waals surface area contributed by atoms with E-state index in [0.29, 0.717) is 13.1 Å². The van der Waals surface area contributed by atoms with Gasteiger partial charge in [0.15, 0.2) is 0 Å². The maximum atomic E-state index is 11.8. The fourth-order valence-corrected chi connectivity index (χ4v) is 3.17. The van der Waals surface area contributed by atoms with E-state index in [2.05, 4.69) is 15.5 Å². The molecule has 144 valence electrons. The highest BCUT2D eigenvalue weighted by atomic mass is 16.5. The summed E-state index contributed by atoms with van der Waals surface area (Å²) in [5.41, 5.74) is 6.54. The van der Waals surface area contributed by atoms with E-state index in [9.17, 15) is 9.59 Å². The standard InChI is InChI=1S/C19H30N4O3/c1-26-17-7-5-15(6-8-17)9-11-22-19(25)21-10-3-13-23-12-2-4-16(14-23)18(20)24/h5-8,16H,2-4,9-14H2,1H3,(H2,20,24)(H2,21,22,25). The zero-order valence-electron chi connectivity index (χ0n) is 15.5. The minimum absolute atomic E-state index is 0.0297. The third-order valence-electron chi connectivity index (χ3n) is 4.70. The summed E-state index contributed by atoms with van der Waals surface area (Å²) in [6, 6.07) is 7.68. The Morgan fingerprint density at radius 3 is 2.65 bits per heavy atom. The lowest BCUT2D eigenvalue weighted by Crippen LogP contribution is -2.42. The highest BCUT2D eigenvalue weighted by Crippen LogP contribution is 2.15. The van der Waals surface area contributed by atoms with Gasteiger partial charge in [-0.1, -0.05) is 12.1 Å². The van der Waals surface area contributed by atoms with E-state index < -0.39 is 0 Å². The Morgan fingerprint density at radius 2 is 1.96 bits per heavy atom. The number of carbonyl (C=O) groups is 2. The van der Waals surface area contributed by atoms with Crippen molar-refractivity contribution in [2.75, 3.05) is 39.8 Å². The zero-order valence-corrected chi connectivity index (χ0v) is 15.5. The molecule has 0 radical (unpaired) electrons. The highest BCUT2D eigenvalue weighted by Gasteiger charge is 2.23. The lowest BCUT2D eigenvalue weighted by Gasteiger charge is -2.31. The first-order valence-corrected chi connectivity index (χ1v) is 9.25. The minimum Gasteiger partial charge on any atom is -0.497 e. The van der Waals surface area contributed by atoms with Crippen molar-refractivity contribution in [2.24, 2.45) is 11.7 Å². The van der Waals surface area contributed by atoms with Gasteiger partial charge in [-0.25, -0.2) is 4.79 Å². The van der Waals surface area contributed by atoms with Crippen LogP contribution >= 0.6 is 0 Å². The predicted octanol–water partition coefficient (Wildman–Crippen LogP) is 1.12. The van der Waals surface area contributed by atoms with Crippen molar-refractivity contribution in [3.63, 3.8) is 0 Å². The van der Waals surface area contributed by atoms with Gasteiger partial charge in [0.1, 0.15) is 5.75 Å². The van der Waals surface area contributed by atoms with E-state index in [-0.39, 0.29) is 17.9 Å². The van der Waals surface area contributed by atoms with E-state index in [1.807, 2.05) is 24.3 Å². The summed E-state index contributed by atoms with van der Waals surface area (Å²) in [5, 5.41) is 5.74. The van der Waals surface area contributed by atoms with Crippen molar-refractivity contribution in [1.82, 2.24) is 15.5 Å². The Morgan fingerprint density at radius 1 is 1.23 bits per heavy atom. The average molecular weight is 362 g/mol. The highest BCUT2D eigenvalue weighted by molar-refractivity contribution is 5.77. The molecule has 0 bridgehead atoms. The number of ether oxygens (including phenoxy) is 1. The number of benzene rings is 1.